The molecule has 0 amide bonds. The third-order valence-corrected chi connectivity index (χ3v) is 2.99. The van der Waals surface area contributed by atoms with Gasteiger partial charge in [0.05, 0.1) is 10.3 Å². The van der Waals surface area contributed by atoms with Gasteiger partial charge in [0.2, 0.25) is 0 Å². The summed E-state index contributed by atoms with van der Waals surface area (Å²) < 4.78 is -0.0133. The fourth-order valence-electron chi connectivity index (χ4n) is 0.998. The molecule has 1 aromatic rings. The number of nitrogens with zero attached hydrogens (tertiary/aromatic N) is 1. The van der Waals surface area contributed by atoms with Crippen LogP contribution in [0.25, 0.3) is 0 Å². The number of hydrogen-bond donors (Lipinski definition) is 3. The molecule has 1 heterocycles. The Labute approximate surface area is 94.7 Å². The number of aliphatic hydroxyl groups is 2. The molecule has 3 N–H and O–H groups in total. The Morgan fingerprint density at radius 2 is 2.43 bits per heavy atom. The van der Waals surface area contributed by atoms with E-state index in [9.17, 15) is 9.90 Å². The van der Waals surface area contributed by atoms with Crippen molar-refractivity contribution in [2.45, 2.75) is 16.4 Å². The minimum absolute atomic E-state index is 0.0133. The predicted octanol–water partition coefficient (Wildman–Crippen LogP) is 0.198. The molecule has 0 saturated heterocycles. The molecule has 2 unspecified atom stereocenters. The lowest BCUT2D eigenvalue weighted by atomic mass is 10.1. The van der Waals surface area contributed by atoms with Crippen LogP contribution in [0.3, 0.4) is 0 Å². The molecule has 2 atom stereocenters. The number of rotatable bonds is 5. The fraction of sp³-hybridized carbons (Fsp3) is 0.500. The molecule has 0 aliphatic rings. The first-order chi connectivity index (χ1) is 6.65. The quantitative estimate of drug-likeness (QED) is 0.536. The van der Waals surface area contributed by atoms with Gasteiger partial charge in [0.1, 0.15) is 12.7 Å². The van der Waals surface area contributed by atoms with Gasteiger partial charge < -0.3 is 15.2 Å². The normalized spacial score (nSPS) is 15.1. The van der Waals surface area contributed by atoms with Crippen molar-refractivity contribution >= 4 is 28.4 Å². The van der Waals surface area contributed by atoms with Gasteiger partial charge in [-0.1, -0.05) is 22.6 Å². The van der Waals surface area contributed by atoms with E-state index in [-0.39, 0.29) is 10.3 Å². The van der Waals surface area contributed by atoms with E-state index >= 15 is 0 Å². The lowest BCUT2D eigenvalue weighted by molar-refractivity contribution is -0.130. The average Bonchev–Trinajstić information content (AvgIpc) is 2.69. The van der Waals surface area contributed by atoms with Crippen LogP contribution in [-0.2, 0) is 4.79 Å². The van der Waals surface area contributed by atoms with Crippen LogP contribution in [0.4, 0.5) is 0 Å². The number of hydrogen-bond acceptors (Lipinski definition) is 4. The van der Waals surface area contributed by atoms with E-state index in [4.69, 9.17) is 5.11 Å². The van der Waals surface area contributed by atoms with Gasteiger partial charge in [0.25, 0.3) is 0 Å². The Kier molecular flexibility index (Phi) is 4.49. The molecule has 0 saturated carbocycles. The zero-order chi connectivity index (χ0) is 10.6. The third kappa shape index (κ3) is 3.03. The molecule has 0 fully saturated rings. The highest BCUT2D eigenvalue weighted by atomic mass is 127. The summed E-state index contributed by atoms with van der Waals surface area (Å²) in [4.78, 5) is 17.6. The minimum Gasteiger partial charge on any atom is -0.388 e. The number of ketones is 1. The first-order valence-electron chi connectivity index (χ1n) is 4.09. The van der Waals surface area contributed by atoms with E-state index in [1.165, 1.54) is 0 Å². The summed E-state index contributed by atoms with van der Waals surface area (Å²) in [5.74, 6) is -0.550. The number of nitrogens with one attached hydrogen (secondary N) is 1. The van der Waals surface area contributed by atoms with Crippen molar-refractivity contribution in [2.75, 3.05) is 6.61 Å². The molecule has 5 nitrogen and oxygen atoms in total. The van der Waals surface area contributed by atoms with E-state index in [1.54, 1.807) is 12.5 Å². The summed E-state index contributed by atoms with van der Waals surface area (Å²) in [5, 5.41) is 17.9. The van der Waals surface area contributed by atoms with Crippen molar-refractivity contribution in [1.29, 1.82) is 0 Å². The summed E-state index contributed by atoms with van der Waals surface area (Å²) in [6, 6.07) is 0. The molecule has 14 heavy (non-hydrogen) atoms. The van der Waals surface area contributed by atoms with Crippen LogP contribution in [0, 0.1) is 0 Å². The van der Waals surface area contributed by atoms with Crippen molar-refractivity contribution < 1.29 is 15.0 Å². The lowest BCUT2D eigenvalue weighted by Gasteiger charge is -2.11. The second-order valence-corrected chi connectivity index (χ2v) is 4.35. The molecular formula is C8H11IN2O3. The Hall–Kier alpha value is -0.470. The van der Waals surface area contributed by atoms with E-state index < -0.39 is 18.5 Å². The Balaban J connectivity index is 2.49. The number of alkyl halides is 1. The number of aromatic amines is 1. The van der Waals surface area contributed by atoms with Gasteiger partial charge in [-0.3, -0.25) is 4.79 Å². The van der Waals surface area contributed by atoms with Crippen molar-refractivity contribution in [1.82, 2.24) is 9.97 Å². The monoisotopic (exact) mass is 310 g/mol. The largest absolute Gasteiger partial charge is 0.388 e. The summed E-state index contributed by atoms with van der Waals surface area (Å²) in [5.41, 5.74) is 0.857. The number of Topliss-reactive ketones (excluding diaryl/α,β-unsaturated/α-hetero) is 1. The average molecular weight is 310 g/mol. The Bertz CT molecular complexity index is 289. The lowest BCUT2D eigenvalue weighted by Crippen LogP contribution is -2.24. The molecule has 0 aliphatic heterocycles. The second-order valence-electron chi connectivity index (χ2n) is 2.85. The topological polar surface area (TPSA) is 86.2 Å². The predicted molar refractivity (Wildman–Crippen MR) is 58.1 cm³/mol. The summed E-state index contributed by atoms with van der Waals surface area (Å²) in [6.07, 6.45) is 2.36. The first-order valence-corrected chi connectivity index (χ1v) is 5.33. The molecule has 0 radical (unpaired) electrons. The highest BCUT2D eigenvalue weighted by Crippen LogP contribution is 2.26. The Morgan fingerprint density at radius 3 is 2.93 bits per heavy atom. The van der Waals surface area contributed by atoms with Gasteiger partial charge in [0.15, 0.2) is 5.78 Å². The third-order valence-electron chi connectivity index (χ3n) is 1.81. The number of carbonyl (C=O) groups is 1. The van der Waals surface area contributed by atoms with Gasteiger partial charge in [-0.2, -0.15) is 0 Å². The summed E-state index contributed by atoms with van der Waals surface area (Å²) in [7, 11) is 0. The number of H-pyrrole nitrogens is 1. The Morgan fingerprint density at radius 1 is 1.71 bits per heavy atom. The number of halogens is 1. The number of aliphatic hydroxyl groups excluding tert-OH is 2. The molecule has 78 valence electrons. The van der Waals surface area contributed by atoms with Gasteiger partial charge in [-0.15, -0.1) is 0 Å². The number of aromatic nitrogens is 2. The number of imidazole rings is 1. The van der Waals surface area contributed by atoms with Crippen molar-refractivity contribution in [3.8, 4) is 0 Å². The molecular weight excluding hydrogens is 299 g/mol. The molecule has 6 heteroatoms. The SMILES string of the molecule is O=C(CO)C(O)CC(I)c1cnc[nH]1. The van der Waals surface area contributed by atoms with Crippen molar-refractivity contribution in [3.05, 3.63) is 18.2 Å². The zero-order valence-electron chi connectivity index (χ0n) is 7.35. The molecule has 1 rings (SSSR count). The minimum atomic E-state index is -1.11. The van der Waals surface area contributed by atoms with Crippen LogP contribution in [0.15, 0.2) is 12.5 Å². The summed E-state index contributed by atoms with van der Waals surface area (Å²) in [6.45, 7) is -0.618. The van der Waals surface area contributed by atoms with E-state index in [0.29, 0.717) is 0 Å². The van der Waals surface area contributed by atoms with Gasteiger partial charge in [-0.05, 0) is 6.42 Å². The van der Waals surface area contributed by atoms with Gasteiger partial charge in [-0.25, -0.2) is 4.98 Å². The van der Waals surface area contributed by atoms with Crippen LogP contribution < -0.4 is 0 Å². The second kappa shape index (κ2) is 5.42. The standard InChI is InChI=1S/C8H11IN2O3/c9-5(6-2-10-4-11-6)1-7(13)8(14)3-12/h2,4-5,7,12-13H,1,3H2,(H,10,11). The van der Waals surface area contributed by atoms with Gasteiger partial charge >= 0.3 is 0 Å². The zero-order valence-corrected chi connectivity index (χ0v) is 9.51. The van der Waals surface area contributed by atoms with E-state index in [1.807, 2.05) is 0 Å². The molecule has 0 aliphatic carbocycles. The van der Waals surface area contributed by atoms with Crippen LogP contribution in [0.2, 0.25) is 0 Å². The van der Waals surface area contributed by atoms with Gasteiger partial charge in [0, 0.05) is 11.9 Å². The maximum Gasteiger partial charge on any atom is 0.186 e. The van der Waals surface area contributed by atoms with Crippen molar-refractivity contribution in [2.24, 2.45) is 0 Å². The molecule has 1 aromatic heterocycles. The fourth-order valence-corrected chi connectivity index (χ4v) is 1.82. The highest BCUT2D eigenvalue weighted by molar-refractivity contribution is 14.1. The maximum absolute atomic E-state index is 10.9. The summed E-state index contributed by atoms with van der Waals surface area (Å²) >= 11 is 2.10. The van der Waals surface area contributed by atoms with E-state index in [2.05, 4.69) is 32.6 Å². The first kappa shape index (κ1) is 11.6. The number of carbonyl (C=O) groups excluding carboxylic acids is 1. The van der Waals surface area contributed by atoms with Crippen LogP contribution in [0.1, 0.15) is 16.0 Å². The maximum atomic E-state index is 10.9. The highest BCUT2D eigenvalue weighted by Gasteiger charge is 2.19. The molecule has 0 spiro atoms. The smallest absolute Gasteiger partial charge is 0.186 e. The molecule has 0 aromatic carbocycles. The molecule has 0 bridgehead atoms. The van der Waals surface area contributed by atoms with Crippen LogP contribution in [-0.4, -0.2) is 38.7 Å². The van der Waals surface area contributed by atoms with E-state index in [0.717, 1.165) is 5.69 Å². The van der Waals surface area contributed by atoms with Crippen LogP contribution in [0.5, 0.6) is 0 Å². The van der Waals surface area contributed by atoms with Crippen molar-refractivity contribution in [3.63, 3.8) is 0 Å². The van der Waals surface area contributed by atoms with Crippen LogP contribution >= 0.6 is 22.6 Å².